The van der Waals surface area contributed by atoms with Crippen LogP contribution in [0.15, 0.2) is 41.0 Å². The first-order chi connectivity index (χ1) is 13.9. The zero-order valence-electron chi connectivity index (χ0n) is 15.0. The lowest BCUT2D eigenvalue weighted by molar-refractivity contribution is -0.387. The highest BCUT2D eigenvalue weighted by atomic mass is 19.1. The van der Waals surface area contributed by atoms with Crippen molar-refractivity contribution < 1.29 is 32.9 Å². The zero-order valence-corrected chi connectivity index (χ0v) is 15.0. The molecule has 0 spiro atoms. The van der Waals surface area contributed by atoms with Crippen LogP contribution in [-0.2, 0) is 14.3 Å². The Balaban J connectivity index is 1.56. The maximum atomic E-state index is 13.3. The largest absolute Gasteiger partial charge is 0.459 e. The van der Waals surface area contributed by atoms with Gasteiger partial charge in [0.15, 0.2) is 12.4 Å². The van der Waals surface area contributed by atoms with Gasteiger partial charge >= 0.3 is 11.7 Å². The number of hydrogen-bond donors (Lipinski definition) is 1. The molecule has 0 saturated carbocycles. The van der Waals surface area contributed by atoms with E-state index in [1.54, 1.807) is 6.07 Å². The van der Waals surface area contributed by atoms with Crippen molar-refractivity contribution in [3.8, 4) is 0 Å². The molecule has 11 heteroatoms. The number of likely N-dealkylation sites (tertiary alicyclic amines) is 1. The van der Waals surface area contributed by atoms with Crippen LogP contribution < -0.4 is 5.32 Å². The molecule has 3 rings (SSSR count). The van der Waals surface area contributed by atoms with E-state index in [-0.39, 0.29) is 11.4 Å². The number of anilines is 1. The summed E-state index contributed by atoms with van der Waals surface area (Å²) in [6, 6.07) is 5.04. The van der Waals surface area contributed by atoms with Crippen LogP contribution in [0.4, 0.5) is 15.8 Å². The molecule has 29 heavy (non-hydrogen) atoms. The minimum atomic E-state index is -1.04. The van der Waals surface area contributed by atoms with Crippen LogP contribution in [0.2, 0.25) is 0 Å². The fraction of sp³-hybridized carbons (Fsp3) is 0.278. The average molecular weight is 405 g/mol. The summed E-state index contributed by atoms with van der Waals surface area (Å²) in [5.74, 6) is -2.90. The molecule has 0 bridgehead atoms. The molecule has 1 aliphatic heterocycles. The highest BCUT2D eigenvalue weighted by molar-refractivity contribution is 5.96. The number of esters is 1. The first-order valence-electron chi connectivity index (χ1n) is 8.61. The van der Waals surface area contributed by atoms with Crippen molar-refractivity contribution >= 4 is 29.2 Å². The van der Waals surface area contributed by atoms with Crippen LogP contribution in [0, 0.1) is 15.9 Å². The van der Waals surface area contributed by atoms with E-state index < -0.39 is 46.9 Å². The summed E-state index contributed by atoms with van der Waals surface area (Å²) in [7, 11) is 0. The number of nitrogens with one attached hydrogen (secondary N) is 1. The molecule has 1 N–H and O–H groups in total. The van der Waals surface area contributed by atoms with E-state index in [2.05, 4.69) is 5.32 Å². The van der Waals surface area contributed by atoms with Gasteiger partial charge in [0.1, 0.15) is 6.04 Å². The van der Waals surface area contributed by atoms with Crippen LogP contribution in [0.1, 0.15) is 23.4 Å². The Morgan fingerprint density at radius 3 is 2.83 bits per heavy atom. The van der Waals surface area contributed by atoms with Gasteiger partial charge in [-0.2, -0.15) is 4.39 Å². The second-order valence-electron chi connectivity index (χ2n) is 6.21. The number of nitro benzene ring substituents is 1. The lowest BCUT2D eigenvalue weighted by atomic mass is 10.2. The summed E-state index contributed by atoms with van der Waals surface area (Å²) in [6.45, 7) is -0.311. The summed E-state index contributed by atoms with van der Waals surface area (Å²) in [5.41, 5.74) is -0.813. The number of amides is 2. The Labute approximate surface area is 163 Å². The van der Waals surface area contributed by atoms with Crippen molar-refractivity contribution in [3.63, 3.8) is 0 Å². The number of nitrogens with zero attached hydrogens (tertiary/aromatic N) is 2. The Morgan fingerprint density at radius 1 is 1.34 bits per heavy atom. The van der Waals surface area contributed by atoms with E-state index in [0.717, 1.165) is 18.2 Å². The maximum absolute atomic E-state index is 13.3. The number of carbonyl (C=O) groups is 3. The molecule has 152 valence electrons. The van der Waals surface area contributed by atoms with Gasteiger partial charge in [-0.1, -0.05) is 0 Å². The molecule has 2 amide bonds. The molecule has 1 aliphatic rings. The summed E-state index contributed by atoms with van der Waals surface area (Å²) < 4.78 is 23.4. The Kier molecular flexibility index (Phi) is 5.86. The fourth-order valence-corrected chi connectivity index (χ4v) is 2.96. The normalized spacial score (nSPS) is 15.8. The average Bonchev–Trinajstić information content (AvgIpc) is 3.39. The Hall–Kier alpha value is -3.76. The van der Waals surface area contributed by atoms with Gasteiger partial charge in [0.05, 0.1) is 11.2 Å². The Bertz CT molecular complexity index is 945. The van der Waals surface area contributed by atoms with Crippen LogP contribution >= 0.6 is 0 Å². The molecule has 2 aromatic rings. The quantitative estimate of drug-likeness (QED) is 0.442. The number of halogens is 1. The molecular formula is C18H16FN3O7. The third kappa shape index (κ3) is 4.57. The standard InChI is InChI=1S/C18H16FN3O7/c19-12-6-5-11(9-14(12)22(26)27)20-16(23)10-29-18(25)13-3-1-7-21(13)17(24)15-4-2-8-28-15/h2,4-6,8-9,13H,1,3,7,10H2,(H,20,23)/t13-/m0/s1. The van der Waals surface area contributed by atoms with Crippen molar-refractivity contribution in [1.29, 1.82) is 0 Å². The van der Waals surface area contributed by atoms with Gasteiger partial charge in [0.25, 0.3) is 11.8 Å². The number of benzene rings is 1. The second kappa shape index (κ2) is 8.50. The summed E-state index contributed by atoms with van der Waals surface area (Å²) >= 11 is 0. The van der Waals surface area contributed by atoms with Crippen LogP contribution in [0.25, 0.3) is 0 Å². The van der Waals surface area contributed by atoms with E-state index in [1.807, 2.05) is 0 Å². The monoisotopic (exact) mass is 405 g/mol. The molecular weight excluding hydrogens is 389 g/mol. The lowest BCUT2D eigenvalue weighted by Gasteiger charge is -2.22. The van der Waals surface area contributed by atoms with E-state index in [9.17, 15) is 28.9 Å². The minimum absolute atomic E-state index is 0.0189. The predicted octanol–water partition coefficient (Wildman–Crippen LogP) is 2.11. The maximum Gasteiger partial charge on any atom is 0.329 e. The summed E-state index contributed by atoms with van der Waals surface area (Å²) in [6.07, 6.45) is 2.33. The van der Waals surface area contributed by atoms with Gasteiger partial charge in [0.2, 0.25) is 5.82 Å². The number of hydrogen-bond acceptors (Lipinski definition) is 7. The SMILES string of the molecule is O=C(COC(=O)[C@@H]1CCCN1C(=O)c1ccco1)Nc1ccc(F)c([N+](=O)[O-])c1. The number of rotatable bonds is 6. The topological polar surface area (TPSA) is 132 Å². The van der Waals surface area contributed by atoms with E-state index in [0.29, 0.717) is 19.4 Å². The molecule has 0 aliphatic carbocycles. The van der Waals surface area contributed by atoms with Crippen molar-refractivity contribution in [2.45, 2.75) is 18.9 Å². The van der Waals surface area contributed by atoms with Gasteiger partial charge in [-0.3, -0.25) is 19.7 Å². The van der Waals surface area contributed by atoms with Gasteiger partial charge in [-0.25, -0.2) is 4.79 Å². The highest BCUT2D eigenvalue weighted by Gasteiger charge is 2.36. The molecule has 0 unspecified atom stereocenters. The smallest absolute Gasteiger partial charge is 0.329 e. The Morgan fingerprint density at radius 2 is 2.14 bits per heavy atom. The van der Waals surface area contributed by atoms with Crippen LogP contribution in [0.3, 0.4) is 0 Å². The van der Waals surface area contributed by atoms with Crippen LogP contribution in [0.5, 0.6) is 0 Å². The first-order valence-corrected chi connectivity index (χ1v) is 8.61. The molecule has 2 heterocycles. The van der Waals surface area contributed by atoms with Crippen molar-refractivity contribution in [1.82, 2.24) is 4.90 Å². The molecule has 1 saturated heterocycles. The molecule has 1 atom stereocenters. The zero-order chi connectivity index (χ0) is 21.0. The van der Waals surface area contributed by atoms with Gasteiger partial charge in [0, 0.05) is 18.3 Å². The lowest BCUT2D eigenvalue weighted by Crippen LogP contribution is -2.42. The molecule has 0 radical (unpaired) electrons. The molecule has 1 fully saturated rings. The number of nitro groups is 1. The third-order valence-electron chi connectivity index (χ3n) is 4.29. The minimum Gasteiger partial charge on any atom is -0.459 e. The van der Waals surface area contributed by atoms with Crippen molar-refractivity contribution in [2.75, 3.05) is 18.5 Å². The molecule has 1 aromatic carbocycles. The summed E-state index contributed by atoms with van der Waals surface area (Å²) in [5, 5.41) is 13.0. The van der Waals surface area contributed by atoms with E-state index in [1.165, 1.54) is 17.2 Å². The first kappa shape index (κ1) is 20.0. The molecule has 10 nitrogen and oxygen atoms in total. The second-order valence-corrected chi connectivity index (χ2v) is 6.21. The van der Waals surface area contributed by atoms with E-state index in [4.69, 9.17) is 9.15 Å². The predicted molar refractivity (Wildman–Crippen MR) is 95.4 cm³/mol. The van der Waals surface area contributed by atoms with E-state index >= 15 is 0 Å². The fourth-order valence-electron chi connectivity index (χ4n) is 2.96. The van der Waals surface area contributed by atoms with Crippen molar-refractivity contribution in [3.05, 3.63) is 58.3 Å². The highest BCUT2D eigenvalue weighted by Crippen LogP contribution is 2.23. The van der Waals surface area contributed by atoms with Gasteiger partial charge in [-0.15, -0.1) is 0 Å². The van der Waals surface area contributed by atoms with Gasteiger partial charge < -0.3 is 19.4 Å². The van der Waals surface area contributed by atoms with Crippen LogP contribution in [-0.4, -0.2) is 46.8 Å². The van der Waals surface area contributed by atoms with Crippen molar-refractivity contribution in [2.24, 2.45) is 0 Å². The van der Waals surface area contributed by atoms with Gasteiger partial charge in [-0.05, 0) is 37.1 Å². The number of furan rings is 1. The third-order valence-corrected chi connectivity index (χ3v) is 4.29. The number of ether oxygens (including phenoxy) is 1. The molecule has 1 aromatic heterocycles. The summed E-state index contributed by atoms with van der Waals surface area (Å²) in [4.78, 5) is 47.8. The number of carbonyl (C=O) groups excluding carboxylic acids is 3.